The molecule has 4 nitrogen and oxygen atoms in total. The molecule has 0 aromatic carbocycles. The number of rotatable bonds is 5. The van der Waals surface area contributed by atoms with E-state index in [0.29, 0.717) is 26.2 Å². The van der Waals surface area contributed by atoms with Crippen LogP contribution in [0, 0.1) is 5.41 Å². The number of nitrogens with two attached hydrogens (primary N) is 1. The maximum absolute atomic E-state index is 11.4. The quantitative estimate of drug-likeness (QED) is 0.756. The van der Waals surface area contributed by atoms with Crippen LogP contribution in [0.15, 0.2) is 0 Å². The largest absolute Gasteiger partial charge is 0.381 e. The molecule has 2 N–H and O–H groups in total. The Hall–Kier alpha value is -0.130. The third-order valence-corrected chi connectivity index (χ3v) is 5.08. The Kier molecular flexibility index (Phi) is 4.55. The van der Waals surface area contributed by atoms with E-state index in [1.807, 2.05) is 0 Å². The van der Waals surface area contributed by atoms with Gasteiger partial charge in [0.25, 0.3) is 0 Å². The topological polar surface area (TPSA) is 69.4 Å². The first-order valence-corrected chi connectivity index (χ1v) is 7.34. The van der Waals surface area contributed by atoms with Crippen molar-refractivity contribution < 1.29 is 13.2 Å². The third-order valence-electron chi connectivity index (χ3n) is 3.37. The normalized spacial score (nSPS) is 21.5. The molecule has 90 valence electrons. The molecule has 0 radical (unpaired) electrons. The van der Waals surface area contributed by atoms with E-state index in [2.05, 4.69) is 0 Å². The second-order valence-electron chi connectivity index (χ2n) is 4.30. The molecular formula is C10H21NO3S. The van der Waals surface area contributed by atoms with Crippen LogP contribution in [0.4, 0.5) is 0 Å². The zero-order valence-electron chi connectivity index (χ0n) is 9.37. The molecule has 0 atom stereocenters. The van der Waals surface area contributed by atoms with Gasteiger partial charge in [-0.1, -0.05) is 6.92 Å². The van der Waals surface area contributed by atoms with Crippen LogP contribution >= 0.6 is 0 Å². The smallest absolute Gasteiger partial charge is 0.150 e. The van der Waals surface area contributed by atoms with Gasteiger partial charge in [-0.15, -0.1) is 0 Å². The first kappa shape index (κ1) is 12.9. The van der Waals surface area contributed by atoms with Crippen molar-refractivity contribution >= 4 is 9.84 Å². The highest BCUT2D eigenvalue weighted by atomic mass is 32.2. The van der Waals surface area contributed by atoms with Gasteiger partial charge in [0.1, 0.15) is 9.84 Å². The van der Waals surface area contributed by atoms with Crippen LogP contribution in [-0.4, -0.2) is 39.7 Å². The van der Waals surface area contributed by atoms with Crippen LogP contribution in [-0.2, 0) is 14.6 Å². The van der Waals surface area contributed by atoms with E-state index < -0.39 is 9.84 Å². The highest BCUT2D eigenvalue weighted by Gasteiger charge is 2.32. The van der Waals surface area contributed by atoms with Gasteiger partial charge in [-0.05, 0) is 31.2 Å². The highest BCUT2D eigenvalue weighted by Crippen LogP contribution is 2.33. The minimum Gasteiger partial charge on any atom is -0.381 e. The van der Waals surface area contributed by atoms with Gasteiger partial charge in [-0.3, -0.25) is 0 Å². The van der Waals surface area contributed by atoms with Crippen LogP contribution in [0.5, 0.6) is 0 Å². The van der Waals surface area contributed by atoms with Gasteiger partial charge >= 0.3 is 0 Å². The molecule has 5 heteroatoms. The number of sulfone groups is 1. The second kappa shape index (κ2) is 5.27. The summed E-state index contributed by atoms with van der Waals surface area (Å²) < 4.78 is 28.1. The van der Waals surface area contributed by atoms with Crippen molar-refractivity contribution in [1.82, 2.24) is 0 Å². The minimum atomic E-state index is -2.86. The van der Waals surface area contributed by atoms with Crippen molar-refractivity contribution in [1.29, 1.82) is 0 Å². The van der Waals surface area contributed by atoms with Crippen molar-refractivity contribution in [3.05, 3.63) is 0 Å². The van der Waals surface area contributed by atoms with Crippen LogP contribution in [0.25, 0.3) is 0 Å². The van der Waals surface area contributed by atoms with E-state index in [9.17, 15) is 8.42 Å². The molecule has 0 aromatic heterocycles. The van der Waals surface area contributed by atoms with Crippen LogP contribution in [0.3, 0.4) is 0 Å². The molecule has 0 bridgehead atoms. The Morgan fingerprint density at radius 2 is 1.93 bits per heavy atom. The Bertz CT molecular complexity index is 281. The Balaban J connectivity index is 2.53. The summed E-state index contributed by atoms with van der Waals surface area (Å²) in [5.74, 6) is 0.491. The fourth-order valence-corrected chi connectivity index (χ4v) is 2.91. The molecule has 0 spiro atoms. The van der Waals surface area contributed by atoms with Crippen LogP contribution < -0.4 is 5.73 Å². The molecular weight excluding hydrogens is 214 g/mol. The maximum Gasteiger partial charge on any atom is 0.150 e. The lowest BCUT2D eigenvalue weighted by atomic mass is 9.78. The molecule has 0 aliphatic carbocycles. The molecule has 0 aromatic rings. The highest BCUT2D eigenvalue weighted by molar-refractivity contribution is 7.91. The summed E-state index contributed by atoms with van der Waals surface area (Å²) in [4.78, 5) is 0. The van der Waals surface area contributed by atoms with E-state index in [1.54, 1.807) is 6.92 Å². The summed E-state index contributed by atoms with van der Waals surface area (Å²) in [6.45, 7) is 3.68. The number of ether oxygens (including phenoxy) is 1. The van der Waals surface area contributed by atoms with E-state index in [0.717, 1.165) is 12.8 Å². The molecule has 1 heterocycles. The van der Waals surface area contributed by atoms with Gasteiger partial charge in [-0.2, -0.15) is 0 Å². The average Bonchev–Trinajstić information content (AvgIpc) is 2.28. The van der Waals surface area contributed by atoms with Gasteiger partial charge < -0.3 is 10.5 Å². The van der Waals surface area contributed by atoms with Crippen LogP contribution in [0.2, 0.25) is 0 Å². The maximum atomic E-state index is 11.4. The minimum absolute atomic E-state index is 0.000486. The number of hydrogen-bond donors (Lipinski definition) is 1. The Labute approximate surface area is 92.1 Å². The summed E-state index contributed by atoms with van der Waals surface area (Å²) in [6.07, 6.45) is 2.47. The van der Waals surface area contributed by atoms with Gasteiger partial charge in [0.2, 0.25) is 0 Å². The van der Waals surface area contributed by atoms with Gasteiger partial charge in [0.05, 0.1) is 5.75 Å². The summed E-state index contributed by atoms with van der Waals surface area (Å²) in [5, 5.41) is 0. The first-order chi connectivity index (χ1) is 7.04. The lowest BCUT2D eigenvalue weighted by molar-refractivity contribution is 0.0175. The molecule has 1 aliphatic heterocycles. The fourth-order valence-electron chi connectivity index (χ4n) is 1.88. The van der Waals surface area contributed by atoms with E-state index >= 15 is 0 Å². The second-order valence-corrected chi connectivity index (χ2v) is 6.78. The molecule has 0 unspecified atom stereocenters. The zero-order chi connectivity index (χ0) is 11.4. The van der Waals surface area contributed by atoms with Crippen LogP contribution in [0.1, 0.15) is 26.2 Å². The third kappa shape index (κ3) is 3.74. The summed E-state index contributed by atoms with van der Waals surface area (Å²) in [5.41, 5.74) is 5.76. The van der Waals surface area contributed by atoms with Crippen molar-refractivity contribution in [3.8, 4) is 0 Å². The standard InChI is InChI=1S/C10H21NO3S/c1-2-15(12,13)8-5-10(9-11)3-6-14-7-4-10/h2-9,11H2,1H3. The summed E-state index contributed by atoms with van der Waals surface area (Å²) >= 11 is 0. The Morgan fingerprint density at radius 3 is 2.40 bits per heavy atom. The molecule has 1 saturated heterocycles. The lowest BCUT2D eigenvalue weighted by Gasteiger charge is -2.36. The molecule has 1 aliphatic rings. The molecule has 1 rings (SSSR count). The summed E-state index contributed by atoms with van der Waals surface area (Å²) in [6, 6.07) is 0. The predicted molar refractivity (Wildman–Crippen MR) is 60.5 cm³/mol. The zero-order valence-corrected chi connectivity index (χ0v) is 10.2. The molecule has 1 fully saturated rings. The first-order valence-electron chi connectivity index (χ1n) is 5.52. The van der Waals surface area contributed by atoms with E-state index in [4.69, 9.17) is 10.5 Å². The molecule has 0 amide bonds. The van der Waals surface area contributed by atoms with Crippen molar-refractivity contribution in [2.45, 2.75) is 26.2 Å². The lowest BCUT2D eigenvalue weighted by Crippen LogP contribution is -2.38. The van der Waals surface area contributed by atoms with Crippen molar-refractivity contribution in [2.24, 2.45) is 11.1 Å². The molecule has 0 saturated carbocycles. The Morgan fingerprint density at radius 1 is 1.33 bits per heavy atom. The van der Waals surface area contributed by atoms with E-state index in [-0.39, 0.29) is 16.9 Å². The fraction of sp³-hybridized carbons (Fsp3) is 1.00. The molecule has 15 heavy (non-hydrogen) atoms. The monoisotopic (exact) mass is 235 g/mol. The van der Waals surface area contributed by atoms with Crippen molar-refractivity contribution in [3.63, 3.8) is 0 Å². The SMILES string of the molecule is CCS(=O)(=O)CCC1(CN)CCOCC1. The van der Waals surface area contributed by atoms with Gasteiger partial charge in [-0.25, -0.2) is 8.42 Å². The van der Waals surface area contributed by atoms with Crippen molar-refractivity contribution in [2.75, 3.05) is 31.3 Å². The summed E-state index contributed by atoms with van der Waals surface area (Å²) in [7, 11) is -2.86. The number of hydrogen-bond acceptors (Lipinski definition) is 4. The average molecular weight is 235 g/mol. The predicted octanol–water partition coefficient (Wildman–Crippen LogP) is 0.567. The van der Waals surface area contributed by atoms with Gasteiger partial charge in [0, 0.05) is 19.0 Å². The van der Waals surface area contributed by atoms with Gasteiger partial charge in [0.15, 0.2) is 0 Å². The van der Waals surface area contributed by atoms with E-state index in [1.165, 1.54) is 0 Å².